The number of nitrogens with one attached hydrogen (secondary N) is 1. The summed E-state index contributed by atoms with van der Waals surface area (Å²) in [6, 6.07) is 14.7. The van der Waals surface area contributed by atoms with Gasteiger partial charge in [-0.15, -0.1) is 0 Å². The van der Waals surface area contributed by atoms with E-state index in [-0.39, 0.29) is 12.5 Å². The molecule has 158 valence electrons. The van der Waals surface area contributed by atoms with E-state index in [2.05, 4.69) is 5.32 Å². The van der Waals surface area contributed by atoms with Gasteiger partial charge >= 0.3 is 17.8 Å². The van der Waals surface area contributed by atoms with Crippen molar-refractivity contribution in [2.24, 2.45) is 0 Å². The van der Waals surface area contributed by atoms with Crippen LogP contribution in [-0.2, 0) is 25.7 Å². The molecule has 2 aliphatic rings. The van der Waals surface area contributed by atoms with Crippen LogP contribution in [0.3, 0.4) is 0 Å². The molecule has 9 heteroatoms. The summed E-state index contributed by atoms with van der Waals surface area (Å²) in [5, 5.41) is 2.60. The number of imide groups is 2. The smallest absolute Gasteiger partial charge is 0.325 e. The summed E-state index contributed by atoms with van der Waals surface area (Å²) in [6.07, 6.45) is 1.34. The summed E-state index contributed by atoms with van der Waals surface area (Å²) in [4.78, 5) is 64.3. The first-order valence-corrected chi connectivity index (χ1v) is 9.85. The lowest BCUT2D eigenvalue weighted by atomic mass is 10.2. The molecular weight excluding hydrogens is 400 g/mol. The predicted octanol–water partition coefficient (Wildman–Crippen LogP) is 1.74. The fraction of sp³-hybridized carbons (Fsp3) is 0.227. The molecule has 0 spiro atoms. The van der Waals surface area contributed by atoms with E-state index in [0.29, 0.717) is 29.1 Å². The Morgan fingerprint density at radius 3 is 2.19 bits per heavy atom. The zero-order chi connectivity index (χ0) is 22.0. The third-order valence-electron chi connectivity index (χ3n) is 5.16. The van der Waals surface area contributed by atoms with E-state index in [9.17, 15) is 24.0 Å². The molecule has 0 aliphatic carbocycles. The Balaban J connectivity index is 1.37. The Hall–Kier alpha value is -4.01. The quantitative estimate of drug-likeness (QED) is 0.566. The molecule has 31 heavy (non-hydrogen) atoms. The Morgan fingerprint density at radius 1 is 0.871 bits per heavy atom. The number of carbonyl (C=O) groups excluding carboxylic acids is 5. The van der Waals surface area contributed by atoms with E-state index in [1.807, 2.05) is 0 Å². The Bertz CT molecular complexity index is 1050. The van der Waals surface area contributed by atoms with Crippen LogP contribution >= 0.6 is 0 Å². The molecule has 0 saturated carbocycles. The molecule has 2 aromatic rings. The minimum absolute atomic E-state index is 0.0426. The van der Waals surface area contributed by atoms with Crippen LogP contribution < -0.4 is 10.2 Å². The maximum atomic E-state index is 12.5. The van der Waals surface area contributed by atoms with Gasteiger partial charge < -0.3 is 10.2 Å². The van der Waals surface area contributed by atoms with Crippen LogP contribution in [0.2, 0.25) is 0 Å². The molecule has 0 unspecified atom stereocenters. The Kier molecular flexibility index (Phi) is 5.48. The maximum absolute atomic E-state index is 12.5. The first-order chi connectivity index (χ1) is 14.9. The molecule has 0 radical (unpaired) electrons. The minimum atomic E-state index is -1.03. The van der Waals surface area contributed by atoms with Crippen LogP contribution in [0.25, 0.3) is 0 Å². The van der Waals surface area contributed by atoms with E-state index in [4.69, 9.17) is 0 Å². The van der Waals surface area contributed by atoms with E-state index in [1.54, 1.807) is 59.5 Å². The molecular formula is C22H20N4O5. The predicted molar refractivity (Wildman–Crippen MR) is 111 cm³/mol. The summed E-state index contributed by atoms with van der Waals surface area (Å²) in [6.45, 7) is 0.0529. The number of benzene rings is 2. The van der Waals surface area contributed by atoms with Crippen molar-refractivity contribution in [1.29, 1.82) is 0 Å². The average molecular weight is 420 g/mol. The fourth-order valence-corrected chi connectivity index (χ4v) is 3.59. The summed E-state index contributed by atoms with van der Waals surface area (Å²) in [5.41, 5.74) is 1.89. The van der Waals surface area contributed by atoms with Crippen molar-refractivity contribution >= 4 is 41.0 Å². The second-order valence-electron chi connectivity index (χ2n) is 7.29. The van der Waals surface area contributed by atoms with Crippen molar-refractivity contribution in [3.8, 4) is 0 Å². The van der Waals surface area contributed by atoms with Gasteiger partial charge in [0.2, 0.25) is 11.8 Å². The van der Waals surface area contributed by atoms with Gasteiger partial charge in [0.25, 0.3) is 0 Å². The maximum Gasteiger partial charge on any atom is 0.335 e. The van der Waals surface area contributed by atoms with Crippen LogP contribution in [0.15, 0.2) is 54.6 Å². The van der Waals surface area contributed by atoms with Crippen LogP contribution in [0.1, 0.15) is 18.4 Å². The monoisotopic (exact) mass is 420 g/mol. The summed E-state index contributed by atoms with van der Waals surface area (Å²) in [7, 11) is 0. The third-order valence-corrected chi connectivity index (χ3v) is 5.16. The molecule has 2 aliphatic heterocycles. The molecule has 6 amide bonds. The molecule has 9 nitrogen and oxygen atoms in total. The van der Waals surface area contributed by atoms with Crippen LogP contribution in [0.4, 0.5) is 16.2 Å². The van der Waals surface area contributed by atoms with E-state index < -0.39 is 30.3 Å². The topological polar surface area (TPSA) is 107 Å². The van der Waals surface area contributed by atoms with Gasteiger partial charge in [-0.3, -0.25) is 24.1 Å². The lowest BCUT2D eigenvalue weighted by Crippen LogP contribution is -2.38. The highest BCUT2D eigenvalue weighted by Gasteiger charge is 2.45. The molecule has 4 rings (SSSR count). The number of amides is 6. The van der Waals surface area contributed by atoms with E-state index in [1.165, 1.54) is 0 Å². The zero-order valence-electron chi connectivity index (χ0n) is 16.6. The summed E-state index contributed by atoms with van der Waals surface area (Å²) >= 11 is 0. The normalized spacial score (nSPS) is 16.5. The summed E-state index contributed by atoms with van der Waals surface area (Å²) < 4.78 is 0. The highest BCUT2D eigenvalue weighted by atomic mass is 16.2. The Morgan fingerprint density at radius 2 is 1.55 bits per heavy atom. The van der Waals surface area contributed by atoms with Crippen molar-refractivity contribution in [2.75, 3.05) is 23.3 Å². The van der Waals surface area contributed by atoms with E-state index >= 15 is 0 Å². The van der Waals surface area contributed by atoms with Gasteiger partial charge in [-0.05, 0) is 36.2 Å². The molecule has 2 saturated heterocycles. The van der Waals surface area contributed by atoms with Gasteiger partial charge in [0.1, 0.15) is 6.54 Å². The highest BCUT2D eigenvalue weighted by Crippen LogP contribution is 2.23. The number of hydrogen-bond acceptors (Lipinski definition) is 5. The van der Waals surface area contributed by atoms with Crippen molar-refractivity contribution in [1.82, 2.24) is 9.80 Å². The van der Waals surface area contributed by atoms with Crippen LogP contribution in [0.5, 0.6) is 0 Å². The van der Waals surface area contributed by atoms with Crippen molar-refractivity contribution in [3.05, 3.63) is 60.2 Å². The number of hydrogen-bond donors (Lipinski definition) is 1. The molecule has 2 heterocycles. The number of rotatable bonds is 6. The number of anilines is 2. The largest absolute Gasteiger partial charge is 0.335 e. The third kappa shape index (κ3) is 4.16. The van der Waals surface area contributed by atoms with Crippen molar-refractivity contribution in [2.45, 2.75) is 19.4 Å². The molecule has 1 N–H and O–H groups in total. The Labute approximate surface area is 178 Å². The summed E-state index contributed by atoms with van der Waals surface area (Å²) in [5.74, 6) is -2.53. The fourth-order valence-electron chi connectivity index (χ4n) is 3.59. The molecule has 0 bridgehead atoms. The zero-order valence-corrected chi connectivity index (χ0v) is 16.6. The van der Waals surface area contributed by atoms with Gasteiger partial charge in [-0.1, -0.05) is 30.3 Å². The molecule has 2 fully saturated rings. The molecule has 0 aromatic heterocycles. The van der Waals surface area contributed by atoms with E-state index in [0.717, 1.165) is 17.0 Å². The van der Waals surface area contributed by atoms with Gasteiger partial charge in [-0.25, -0.2) is 9.69 Å². The molecule has 0 atom stereocenters. The van der Waals surface area contributed by atoms with Gasteiger partial charge in [-0.2, -0.15) is 0 Å². The average Bonchev–Trinajstić information content (AvgIpc) is 3.28. The standard InChI is InChI=1S/C22H20N4O5/c27-18(23-16-8-10-17(11-9-16)24-12-4-7-19(24)28)14-26-21(30)20(29)25(22(26)31)13-15-5-2-1-3-6-15/h1-3,5-6,8-11H,4,7,12-14H2,(H,23,27). The number of nitrogens with zero attached hydrogens (tertiary/aromatic N) is 3. The highest BCUT2D eigenvalue weighted by molar-refractivity contribution is 6.45. The van der Waals surface area contributed by atoms with Gasteiger partial charge in [0.05, 0.1) is 6.54 Å². The molecule has 2 aromatic carbocycles. The lowest BCUT2D eigenvalue weighted by molar-refractivity contribution is -0.143. The van der Waals surface area contributed by atoms with Crippen LogP contribution in [0, 0.1) is 0 Å². The number of carbonyl (C=O) groups is 5. The van der Waals surface area contributed by atoms with Crippen molar-refractivity contribution in [3.63, 3.8) is 0 Å². The second-order valence-corrected chi connectivity index (χ2v) is 7.29. The SMILES string of the molecule is O=C(CN1C(=O)C(=O)N(Cc2ccccc2)C1=O)Nc1ccc(N2CCCC2=O)cc1. The minimum Gasteiger partial charge on any atom is -0.325 e. The lowest BCUT2D eigenvalue weighted by Gasteiger charge is -2.17. The number of urea groups is 1. The first kappa shape index (κ1) is 20.3. The first-order valence-electron chi connectivity index (χ1n) is 9.85. The van der Waals surface area contributed by atoms with Gasteiger partial charge in [0.15, 0.2) is 0 Å². The van der Waals surface area contributed by atoms with Crippen molar-refractivity contribution < 1.29 is 24.0 Å². The second kappa shape index (κ2) is 8.39. The van der Waals surface area contributed by atoms with Gasteiger partial charge in [0, 0.05) is 24.3 Å². The van der Waals surface area contributed by atoms with Crippen LogP contribution in [-0.4, -0.2) is 52.5 Å².